The second-order valence-electron chi connectivity index (χ2n) is 4.96. The van der Waals surface area contributed by atoms with E-state index in [1.165, 1.54) is 0 Å². The van der Waals surface area contributed by atoms with Crippen LogP contribution in [-0.2, 0) is 6.54 Å². The van der Waals surface area contributed by atoms with Gasteiger partial charge in [-0.1, -0.05) is 11.2 Å². The molecule has 1 heterocycles. The van der Waals surface area contributed by atoms with Crippen LogP contribution in [0.3, 0.4) is 0 Å². The van der Waals surface area contributed by atoms with Crippen molar-refractivity contribution in [2.24, 2.45) is 0 Å². The summed E-state index contributed by atoms with van der Waals surface area (Å²) in [4.78, 5) is 6.40. The average molecular weight is 291 g/mol. The van der Waals surface area contributed by atoms with E-state index in [4.69, 9.17) is 14.0 Å². The third-order valence-electron chi connectivity index (χ3n) is 3.44. The lowest BCUT2D eigenvalue weighted by Gasteiger charge is -2.22. The summed E-state index contributed by atoms with van der Waals surface area (Å²) in [7, 11) is 5.28. The van der Waals surface area contributed by atoms with E-state index in [1.54, 1.807) is 14.2 Å². The Hall–Kier alpha value is -2.08. The minimum atomic E-state index is 0.0410. The van der Waals surface area contributed by atoms with Crippen molar-refractivity contribution in [2.75, 3.05) is 21.3 Å². The maximum absolute atomic E-state index is 5.32. The van der Waals surface area contributed by atoms with Crippen molar-refractivity contribution in [3.05, 3.63) is 35.5 Å². The summed E-state index contributed by atoms with van der Waals surface area (Å²) >= 11 is 0. The lowest BCUT2D eigenvalue weighted by molar-refractivity contribution is 0.202. The van der Waals surface area contributed by atoms with Gasteiger partial charge in [0.25, 0.3) is 0 Å². The van der Waals surface area contributed by atoms with Gasteiger partial charge in [0.15, 0.2) is 17.3 Å². The number of benzene rings is 1. The standard InChI is InChI=1S/C15H21N3O3/c1-10(15-16-11(2)17-21-15)18(3)9-12-6-7-13(19-4)14(8-12)20-5/h6-8,10H,9H2,1-5H3/t10-/m0/s1. The predicted molar refractivity (Wildman–Crippen MR) is 78.5 cm³/mol. The van der Waals surface area contributed by atoms with Crippen LogP contribution in [0.15, 0.2) is 22.7 Å². The average Bonchev–Trinajstić information content (AvgIpc) is 2.92. The van der Waals surface area contributed by atoms with Crippen LogP contribution in [0.5, 0.6) is 11.5 Å². The Balaban J connectivity index is 2.10. The lowest BCUT2D eigenvalue weighted by Crippen LogP contribution is -2.22. The molecule has 0 aliphatic rings. The fourth-order valence-electron chi connectivity index (χ4n) is 2.08. The van der Waals surface area contributed by atoms with E-state index < -0.39 is 0 Å². The molecule has 0 N–H and O–H groups in total. The molecule has 0 fully saturated rings. The highest BCUT2D eigenvalue weighted by Crippen LogP contribution is 2.29. The van der Waals surface area contributed by atoms with E-state index in [2.05, 4.69) is 15.0 Å². The van der Waals surface area contributed by atoms with Crippen molar-refractivity contribution in [3.8, 4) is 11.5 Å². The van der Waals surface area contributed by atoms with Crippen molar-refractivity contribution in [2.45, 2.75) is 26.4 Å². The van der Waals surface area contributed by atoms with Gasteiger partial charge >= 0.3 is 0 Å². The zero-order chi connectivity index (χ0) is 15.4. The molecule has 1 atom stereocenters. The summed E-state index contributed by atoms with van der Waals surface area (Å²) in [6.45, 7) is 4.59. The Morgan fingerprint density at radius 1 is 1.24 bits per heavy atom. The number of aryl methyl sites for hydroxylation is 1. The summed E-state index contributed by atoms with van der Waals surface area (Å²) in [6, 6.07) is 5.94. The summed E-state index contributed by atoms with van der Waals surface area (Å²) < 4.78 is 15.8. The molecule has 114 valence electrons. The number of nitrogens with zero attached hydrogens (tertiary/aromatic N) is 3. The molecule has 2 rings (SSSR count). The van der Waals surface area contributed by atoms with E-state index in [-0.39, 0.29) is 6.04 Å². The van der Waals surface area contributed by atoms with Gasteiger partial charge in [-0.05, 0) is 38.6 Å². The molecule has 6 heteroatoms. The number of hydrogen-bond acceptors (Lipinski definition) is 6. The van der Waals surface area contributed by atoms with Crippen molar-refractivity contribution in [1.82, 2.24) is 15.0 Å². The quantitative estimate of drug-likeness (QED) is 0.815. The second kappa shape index (κ2) is 6.58. The highest BCUT2D eigenvalue weighted by Gasteiger charge is 2.18. The zero-order valence-corrected chi connectivity index (χ0v) is 13.1. The number of methoxy groups -OCH3 is 2. The number of aromatic nitrogens is 2. The first-order valence-electron chi connectivity index (χ1n) is 6.76. The van der Waals surface area contributed by atoms with Gasteiger partial charge in [-0.2, -0.15) is 4.98 Å². The van der Waals surface area contributed by atoms with Gasteiger partial charge in [0.05, 0.1) is 20.3 Å². The molecule has 0 radical (unpaired) electrons. The third-order valence-corrected chi connectivity index (χ3v) is 3.44. The molecule has 0 spiro atoms. The molecule has 0 unspecified atom stereocenters. The fraction of sp³-hybridized carbons (Fsp3) is 0.467. The van der Waals surface area contributed by atoms with Crippen LogP contribution in [0.4, 0.5) is 0 Å². The summed E-state index contributed by atoms with van der Waals surface area (Å²) in [6.07, 6.45) is 0. The highest BCUT2D eigenvalue weighted by atomic mass is 16.5. The van der Waals surface area contributed by atoms with Crippen LogP contribution < -0.4 is 9.47 Å². The van der Waals surface area contributed by atoms with E-state index in [0.29, 0.717) is 11.7 Å². The topological polar surface area (TPSA) is 60.6 Å². The molecule has 0 amide bonds. The second-order valence-corrected chi connectivity index (χ2v) is 4.96. The molecular formula is C15H21N3O3. The van der Waals surface area contributed by atoms with Crippen LogP contribution >= 0.6 is 0 Å². The third kappa shape index (κ3) is 3.52. The molecule has 2 aromatic rings. The van der Waals surface area contributed by atoms with Crippen LogP contribution in [0.2, 0.25) is 0 Å². The van der Waals surface area contributed by atoms with Gasteiger partial charge in [0.1, 0.15) is 0 Å². The molecule has 0 saturated carbocycles. The molecule has 0 saturated heterocycles. The molecule has 21 heavy (non-hydrogen) atoms. The molecule has 1 aromatic heterocycles. The fourth-order valence-corrected chi connectivity index (χ4v) is 2.08. The number of hydrogen-bond donors (Lipinski definition) is 0. The zero-order valence-electron chi connectivity index (χ0n) is 13.1. The van der Waals surface area contributed by atoms with E-state index in [9.17, 15) is 0 Å². The van der Waals surface area contributed by atoms with E-state index >= 15 is 0 Å². The maximum Gasteiger partial charge on any atom is 0.243 e. The predicted octanol–water partition coefficient (Wildman–Crippen LogP) is 2.59. The first-order chi connectivity index (χ1) is 10.0. The number of rotatable bonds is 6. The normalized spacial score (nSPS) is 12.5. The van der Waals surface area contributed by atoms with Gasteiger partial charge in [-0.3, -0.25) is 4.90 Å². The Bertz CT molecular complexity index is 598. The van der Waals surface area contributed by atoms with Gasteiger partial charge in [0, 0.05) is 6.54 Å². The van der Waals surface area contributed by atoms with Crippen LogP contribution in [0.1, 0.15) is 30.2 Å². The van der Waals surface area contributed by atoms with Crippen LogP contribution in [-0.4, -0.2) is 36.3 Å². The van der Waals surface area contributed by atoms with E-state index in [0.717, 1.165) is 23.6 Å². The Kier molecular flexibility index (Phi) is 4.80. The molecule has 0 bridgehead atoms. The van der Waals surface area contributed by atoms with Crippen LogP contribution in [0.25, 0.3) is 0 Å². The Labute approximate surface area is 124 Å². The van der Waals surface area contributed by atoms with Crippen molar-refractivity contribution >= 4 is 0 Å². The number of ether oxygens (including phenoxy) is 2. The molecule has 0 aliphatic carbocycles. The van der Waals surface area contributed by atoms with Gasteiger partial charge in [-0.25, -0.2) is 0 Å². The summed E-state index contributed by atoms with van der Waals surface area (Å²) in [5.74, 6) is 2.72. The van der Waals surface area contributed by atoms with E-state index in [1.807, 2.05) is 39.1 Å². The summed E-state index contributed by atoms with van der Waals surface area (Å²) in [5.41, 5.74) is 1.12. The molecule has 6 nitrogen and oxygen atoms in total. The van der Waals surface area contributed by atoms with Crippen LogP contribution in [0, 0.1) is 6.92 Å². The monoisotopic (exact) mass is 291 g/mol. The van der Waals surface area contributed by atoms with Gasteiger partial charge in [-0.15, -0.1) is 0 Å². The highest BCUT2D eigenvalue weighted by molar-refractivity contribution is 5.42. The summed E-state index contributed by atoms with van der Waals surface area (Å²) in [5, 5.41) is 3.83. The van der Waals surface area contributed by atoms with Crippen molar-refractivity contribution in [1.29, 1.82) is 0 Å². The van der Waals surface area contributed by atoms with Crippen molar-refractivity contribution in [3.63, 3.8) is 0 Å². The largest absolute Gasteiger partial charge is 0.493 e. The first kappa shape index (κ1) is 15.3. The van der Waals surface area contributed by atoms with Crippen molar-refractivity contribution < 1.29 is 14.0 Å². The van der Waals surface area contributed by atoms with Gasteiger partial charge in [0.2, 0.25) is 5.89 Å². The Morgan fingerprint density at radius 2 is 1.95 bits per heavy atom. The molecule has 0 aliphatic heterocycles. The molecule has 1 aromatic carbocycles. The lowest BCUT2D eigenvalue weighted by atomic mass is 10.1. The first-order valence-corrected chi connectivity index (χ1v) is 6.76. The minimum absolute atomic E-state index is 0.0410. The smallest absolute Gasteiger partial charge is 0.243 e. The minimum Gasteiger partial charge on any atom is -0.493 e. The molecular weight excluding hydrogens is 270 g/mol. The maximum atomic E-state index is 5.32. The van der Waals surface area contributed by atoms with Gasteiger partial charge < -0.3 is 14.0 Å². The Morgan fingerprint density at radius 3 is 2.52 bits per heavy atom. The SMILES string of the molecule is COc1ccc(CN(C)[C@@H](C)c2nc(C)no2)cc1OC.